The quantitative estimate of drug-likeness (QED) is 0.696. The number of halogens is 2. The lowest BCUT2D eigenvalue weighted by Gasteiger charge is -2.15. The molecular formula is C17H13ClFN3O4. The van der Waals surface area contributed by atoms with Gasteiger partial charge in [0.15, 0.2) is 23.0 Å². The van der Waals surface area contributed by atoms with Gasteiger partial charge in [-0.3, -0.25) is 0 Å². The summed E-state index contributed by atoms with van der Waals surface area (Å²) in [5, 5.41) is 20.1. The molecule has 3 aromatic rings. The molecular weight excluding hydrogens is 365 g/mol. The highest BCUT2D eigenvalue weighted by Gasteiger charge is 2.20. The molecule has 0 unspecified atom stereocenters. The zero-order valence-electron chi connectivity index (χ0n) is 13.7. The average molecular weight is 378 g/mol. The third-order valence-corrected chi connectivity index (χ3v) is 3.97. The van der Waals surface area contributed by atoms with E-state index in [0.717, 1.165) is 0 Å². The Balaban J connectivity index is 2.27. The predicted molar refractivity (Wildman–Crippen MR) is 94.3 cm³/mol. The Kier molecular flexibility index (Phi) is 4.77. The van der Waals surface area contributed by atoms with E-state index >= 15 is 0 Å². The normalized spacial score (nSPS) is 10.6. The van der Waals surface area contributed by atoms with Gasteiger partial charge in [0.25, 0.3) is 0 Å². The second kappa shape index (κ2) is 7.01. The summed E-state index contributed by atoms with van der Waals surface area (Å²) in [6.07, 6.45) is 0. The molecule has 2 N–H and O–H groups in total. The fourth-order valence-corrected chi connectivity index (χ4v) is 2.62. The molecule has 1 aromatic heterocycles. The van der Waals surface area contributed by atoms with Gasteiger partial charge in [0, 0.05) is 11.5 Å². The number of methoxy groups -OCH3 is 2. The highest BCUT2D eigenvalue weighted by atomic mass is 35.5. The van der Waals surface area contributed by atoms with Crippen LogP contribution in [0.2, 0.25) is 5.02 Å². The van der Waals surface area contributed by atoms with E-state index in [2.05, 4.69) is 15.5 Å². The number of nitrogens with one attached hydrogen (secondary N) is 1. The molecule has 0 bridgehead atoms. The smallest absolute Gasteiger partial charge is 0.358 e. The van der Waals surface area contributed by atoms with Crippen LogP contribution in [0, 0.1) is 5.82 Å². The first kappa shape index (κ1) is 17.7. The van der Waals surface area contributed by atoms with Crippen LogP contribution in [0.4, 0.5) is 15.8 Å². The fourth-order valence-electron chi connectivity index (χ4n) is 2.44. The van der Waals surface area contributed by atoms with Gasteiger partial charge in [-0.25, -0.2) is 9.18 Å². The highest BCUT2D eigenvalue weighted by molar-refractivity contribution is 6.31. The lowest BCUT2D eigenvalue weighted by Crippen LogP contribution is -2.09. The average Bonchev–Trinajstić information content (AvgIpc) is 2.64. The number of hydrogen-bond donors (Lipinski definition) is 2. The van der Waals surface area contributed by atoms with E-state index in [1.807, 2.05) is 0 Å². The first-order chi connectivity index (χ1) is 12.5. The van der Waals surface area contributed by atoms with Crippen molar-refractivity contribution in [2.75, 3.05) is 19.5 Å². The molecule has 0 aliphatic carbocycles. The van der Waals surface area contributed by atoms with Crippen molar-refractivity contribution < 1.29 is 23.8 Å². The van der Waals surface area contributed by atoms with Gasteiger partial charge < -0.3 is 19.9 Å². The van der Waals surface area contributed by atoms with E-state index in [0.29, 0.717) is 22.4 Å². The number of rotatable bonds is 5. The topological polar surface area (TPSA) is 93.6 Å². The van der Waals surface area contributed by atoms with Gasteiger partial charge in [-0.1, -0.05) is 17.7 Å². The fraction of sp³-hybridized carbons (Fsp3) is 0.118. The summed E-state index contributed by atoms with van der Waals surface area (Å²) in [7, 11) is 2.91. The predicted octanol–water partition coefficient (Wildman–Crippen LogP) is 3.88. The molecule has 134 valence electrons. The second-order valence-corrected chi connectivity index (χ2v) is 5.59. The van der Waals surface area contributed by atoms with Crippen LogP contribution in [-0.2, 0) is 0 Å². The number of carboxylic acid groups (broad SMARTS) is 1. The van der Waals surface area contributed by atoms with Crippen LogP contribution in [0.5, 0.6) is 11.5 Å². The van der Waals surface area contributed by atoms with Crippen LogP contribution >= 0.6 is 11.6 Å². The van der Waals surface area contributed by atoms with Gasteiger partial charge in [-0.2, -0.15) is 0 Å². The molecule has 1 heterocycles. The molecule has 0 saturated carbocycles. The number of ether oxygens (including phenoxy) is 2. The molecule has 26 heavy (non-hydrogen) atoms. The molecule has 2 aromatic carbocycles. The highest BCUT2D eigenvalue weighted by Crippen LogP contribution is 2.37. The van der Waals surface area contributed by atoms with Gasteiger partial charge in [0.1, 0.15) is 0 Å². The van der Waals surface area contributed by atoms with Crippen molar-refractivity contribution in [3.63, 3.8) is 0 Å². The Bertz CT molecular complexity index is 1010. The van der Waals surface area contributed by atoms with E-state index in [4.69, 9.17) is 21.1 Å². The number of anilines is 2. The minimum absolute atomic E-state index is 0.00378. The molecule has 3 rings (SSSR count). The van der Waals surface area contributed by atoms with Crippen molar-refractivity contribution in [2.45, 2.75) is 0 Å². The monoisotopic (exact) mass is 377 g/mol. The van der Waals surface area contributed by atoms with E-state index in [1.165, 1.54) is 32.4 Å². The van der Waals surface area contributed by atoms with Gasteiger partial charge in [0.2, 0.25) is 0 Å². The minimum Gasteiger partial charge on any atom is -0.493 e. The maximum Gasteiger partial charge on any atom is 0.358 e. The third-order valence-electron chi connectivity index (χ3n) is 3.68. The first-order valence-corrected chi connectivity index (χ1v) is 7.70. The van der Waals surface area contributed by atoms with Crippen molar-refractivity contribution in [2.24, 2.45) is 0 Å². The van der Waals surface area contributed by atoms with Crippen molar-refractivity contribution in [3.05, 3.63) is 46.9 Å². The number of aromatic nitrogens is 2. The standard InChI is InChI=1S/C17H13ClFN3O4/c1-25-12-6-8-11(7-13(12)26-2)21-22-16(17(23)24)15(8)20-10-5-3-4-9(18)14(10)19/h3-7H,1-2H3,(H,20,21)(H,23,24). The van der Waals surface area contributed by atoms with E-state index in [9.17, 15) is 14.3 Å². The number of benzene rings is 2. The Morgan fingerprint density at radius 3 is 2.54 bits per heavy atom. The first-order valence-electron chi connectivity index (χ1n) is 7.33. The summed E-state index contributed by atoms with van der Waals surface area (Å²) in [4.78, 5) is 11.6. The molecule has 0 aliphatic heterocycles. The number of hydrogen-bond acceptors (Lipinski definition) is 6. The lowest BCUT2D eigenvalue weighted by atomic mass is 10.1. The van der Waals surface area contributed by atoms with E-state index in [1.54, 1.807) is 12.1 Å². The maximum absolute atomic E-state index is 14.3. The van der Waals surface area contributed by atoms with Crippen LogP contribution in [-0.4, -0.2) is 35.5 Å². The molecule has 0 atom stereocenters. The molecule has 0 spiro atoms. The number of carboxylic acids is 1. The summed E-state index contributed by atoms with van der Waals surface area (Å²) >= 11 is 5.79. The van der Waals surface area contributed by atoms with Crippen LogP contribution < -0.4 is 14.8 Å². The van der Waals surface area contributed by atoms with Crippen molar-refractivity contribution >= 4 is 39.8 Å². The molecule has 0 aliphatic rings. The van der Waals surface area contributed by atoms with Crippen molar-refractivity contribution in [1.82, 2.24) is 10.2 Å². The van der Waals surface area contributed by atoms with Crippen molar-refractivity contribution in [1.29, 1.82) is 0 Å². The number of nitrogens with zero attached hydrogens (tertiary/aromatic N) is 2. The van der Waals surface area contributed by atoms with Crippen molar-refractivity contribution in [3.8, 4) is 11.5 Å². The molecule has 0 saturated heterocycles. The van der Waals surface area contributed by atoms with Crippen LogP contribution in [0.1, 0.15) is 10.5 Å². The number of fused-ring (bicyclic) bond motifs is 1. The largest absolute Gasteiger partial charge is 0.493 e. The molecule has 0 radical (unpaired) electrons. The number of carbonyl (C=O) groups is 1. The maximum atomic E-state index is 14.3. The molecule has 0 amide bonds. The van der Waals surface area contributed by atoms with Gasteiger partial charge >= 0.3 is 5.97 Å². The summed E-state index contributed by atoms with van der Waals surface area (Å²) < 4.78 is 24.7. The van der Waals surface area contributed by atoms with Crippen LogP contribution in [0.15, 0.2) is 30.3 Å². The molecule has 0 fully saturated rings. The van der Waals surface area contributed by atoms with Gasteiger partial charge in [-0.05, 0) is 18.2 Å². The zero-order chi connectivity index (χ0) is 18.8. The van der Waals surface area contributed by atoms with Crippen LogP contribution in [0.3, 0.4) is 0 Å². The minimum atomic E-state index is -1.32. The lowest BCUT2D eigenvalue weighted by molar-refractivity contribution is 0.0690. The third kappa shape index (κ3) is 3.06. The zero-order valence-corrected chi connectivity index (χ0v) is 14.5. The Labute approximate surface area is 152 Å². The Morgan fingerprint density at radius 1 is 1.19 bits per heavy atom. The summed E-state index contributed by atoms with van der Waals surface area (Å²) in [5.74, 6) is -1.27. The van der Waals surface area contributed by atoms with Gasteiger partial charge in [-0.15, -0.1) is 10.2 Å². The van der Waals surface area contributed by atoms with E-state index in [-0.39, 0.29) is 22.1 Å². The Morgan fingerprint density at radius 2 is 1.88 bits per heavy atom. The van der Waals surface area contributed by atoms with Gasteiger partial charge in [0.05, 0.1) is 36.1 Å². The number of aromatic carboxylic acids is 1. The Hall–Kier alpha value is -3.13. The summed E-state index contributed by atoms with van der Waals surface area (Å²) in [5.41, 5.74) is 0.0374. The summed E-state index contributed by atoms with van der Waals surface area (Å²) in [6, 6.07) is 7.44. The van der Waals surface area contributed by atoms with E-state index < -0.39 is 11.8 Å². The summed E-state index contributed by atoms with van der Waals surface area (Å²) in [6.45, 7) is 0. The molecule has 7 nitrogen and oxygen atoms in total. The molecule has 9 heteroatoms. The second-order valence-electron chi connectivity index (χ2n) is 5.18. The van der Waals surface area contributed by atoms with Crippen LogP contribution in [0.25, 0.3) is 10.9 Å². The SMILES string of the molecule is COc1cc2nnc(C(=O)O)c(Nc3cccc(Cl)c3F)c2cc1OC.